The van der Waals surface area contributed by atoms with Gasteiger partial charge in [0.05, 0.1) is 7.11 Å². The Labute approximate surface area is 111 Å². The van der Waals surface area contributed by atoms with Gasteiger partial charge in [-0.3, -0.25) is 0 Å². The lowest BCUT2D eigenvalue weighted by atomic mass is 10.2. The van der Waals surface area contributed by atoms with Crippen molar-refractivity contribution >= 4 is 16.7 Å². The Bertz CT molecular complexity index is 539. The van der Waals surface area contributed by atoms with Crippen LogP contribution >= 0.6 is 11.5 Å². The van der Waals surface area contributed by atoms with Gasteiger partial charge in [-0.1, -0.05) is 12.1 Å². The topological polar surface area (TPSA) is 47.0 Å². The van der Waals surface area contributed by atoms with E-state index in [1.54, 1.807) is 19.2 Å². The molecule has 2 rings (SSSR count). The van der Waals surface area contributed by atoms with E-state index in [1.807, 2.05) is 12.1 Å². The first-order chi connectivity index (χ1) is 8.99. The van der Waals surface area contributed by atoms with E-state index in [9.17, 15) is 13.2 Å². The molecule has 8 heteroatoms. The summed E-state index contributed by atoms with van der Waals surface area (Å²) in [6.07, 6.45) is -4.50. The minimum absolute atomic E-state index is 0.142. The van der Waals surface area contributed by atoms with Gasteiger partial charge in [-0.2, -0.15) is 22.5 Å². The molecule has 0 aliphatic rings. The van der Waals surface area contributed by atoms with Gasteiger partial charge >= 0.3 is 6.18 Å². The van der Waals surface area contributed by atoms with Gasteiger partial charge in [-0.25, -0.2) is 0 Å². The molecule has 0 fully saturated rings. The Morgan fingerprint density at radius 2 is 1.95 bits per heavy atom. The van der Waals surface area contributed by atoms with Crippen molar-refractivity contribution in [1.82, 2.24) is 9.36 Å². The van der Waals surface area contributed by atoms with Gasteiger partial charge in [0.1, 0.15) is 5.75 Å². The van der Waals surface area contributed by atoms with Crippen molar-refractivity contribution in [3.63, 3.8) is 0 Å². The number of nitrogens with one attached hydrogen (secondary N) is 1. The number of hydrogen-bond acceptors (Lipinski definition) is 5. The van der Waals surface area contributed by atoms with Crippen LogP contribution in [0.25, 0.3) is 0 Å². The maximum absolute atomic E-state index is 12.3. The van der Waals surface area contributed by atoms with Crippen LogP contribution in [0.5, 0.6) is 5.75 Å². The molecule has 1 aromatic carbocycles. The second kappa shape index (κ2) is 5.43. The summed E-state index contributed by atoms with van der Waals surface area (Å²) in [4.78, 5) is 3.38. The summed E-state index contributed by atoms with van der Waals surface area (Å²) < 4.78 is 45.1. The van der Waals surface area contributed by atoms with Crippen LogP contribution in [0.4, 0.5) is 18.3 Å². The number of hydrogen-bond donors (Lipinski definition) is 1. The largest absolute Gasteiger partial charge is 0.497 e. The first-order valence-electron chi connectivity index (χ1n) is 5.27. The highest BCUT2D eigenvalue weighted by molar-refractivity contribution is 7.09. The Hall–Kier alpha value is -1.83. The molecule has 0 saturated heterocycles. The van der Waals surface area contributed by atoms with E-state index in [0.717, 1.165) is 11.3 Å². The molecular weight excluding hydrogens is 279 g/mol. The van der Waals surface area contributed by atoms with E-state index in [1.165, 1.54) is 0 Å². The maximum Gasteiger partial charge on any atom is 0.452 e. The van der Waals surface area contributed by atoms with Crippen LogP contribution < -0.4 is 10.1 Å². The van der Waals surface area contributed by atoms with Crippen LogP contribution in [0, 0.1) is 0 Å². The fraction of sp³-hybridized carbons (Fsp3) is 0.273. The normalized spacial score (nSPS) is 11.4. The Morgan fingerprint density at radius 3 is 2.47 bits per heavy atom. The molecule has 102 valence electrons. The van der Waals surface area contributed by atoms with Gasteiger partial charge in [-0.15, -0.1) is 0 Å². The predicted molar refractivity (Wildman–Crippen MR) is 65.2 cm³/mol. The number of benzene rings is 1. The highest BCUT2D eigenvalue weighted by atomic mass is 32.1. The smallest absolute Gasteiger partial charge is 0.452 e. The molecule has 2 aromatic rings. The molecule has 0 amide bonds. The zero-order valence-corrected chi connectivity index (χ0v) is 10.7. The van der Waals surface area contributed by atoms with Crippen molar-refractivity contribution < 1.29 is 17.9 Å². The van der Waals surface area contributed by atoms with E-state index in [-0.39, 0.29) is 5.13 Å². The molecule has 0 aliphatic heterocycles. The fourth-order valence-corrected chi connectivity index (χ4v) is 1.91. The minimum Gasteiger partial charge on any atom is -0.497 e. The third-order valence-electron chi connectivity index (χ3n) is 2.28. The summed E-state index contributed by atoms with van der Waals surface area (Å²) in [6, 6.07) is 7.19. The molecule has 0 atom stereocenters. The molecule has 1 aromatic heterocycles. The number of aromatic nitrogens is 2. The zero-order chi connectivity index (χ0) is 13.9. The number of anilines is 1. The average molecular weight is 289 g/mol. The average Bonchev–Trinajstić information content (AvgIpc) is 2.86. The number of alkyl halides is 3. The summed E-state index contributed by atoms with van der Waals surface area (Å²) in [6.45, 7) is 0.372. The van der Waals surface area contributed by atoms with Gasteiger partial charge in [0.15, 0.2) is 0 Å². The lowest BCUT2D eigenvalue weighted by molar-refractivity contribution is -0.144. The number of ether oxygens (including phenoxy) is 1. The highest BCUT2D eigenvalue weighted by Crippen LogP contribution is 2.29. The highest BCUT2D eigenvalue weighted by Gasteiger charge is 2.36. The standard InChI is InChI=1S/C11H10F3N3OS/c1-18-8-4-2-7(3-5-8)6-15-10-16-9(17-19-10)11(12,13)14/h2-5H,6H2,1H3,(H,15,16,17). The summed E-state index contributed by atoms with van der Waals surface area (Å²) in [5.41, 5.74) is 0.907. The van der Waals surface area contributed by atoms with Crippen molar-refractivity contribution in [2.24, 2.45) is 0 Å². The van der Waals surface area contributed by atoms with Crippen LogP contribution in [-0.2, 0) is 12.7 Å². The number of nitrogens with zero attached hydrogens (tertiary/aromatic N) is 2. The first-order valence-corrected chi connectivity index (χ1v) is 6.04. The summed E-state index contributed by atoms with van der Waals surface area (Å²) >= 11 is 0.686. The minimum atomic E-state index is -4.50. The molecular formula is C11H10F3N3OS. The number of halogens is 3. The van der Waals surface area contributed by atoms with Crippen LogP contribution in [0.15, 0.2) is 24.3 Å². The Morgan fingerprint density at radius 1 is 1.26 bits per heavy atom. The third kappa shape index (κ3) is 3.57. The molecule has 1 N–H and O–H groups in total. The van der Waals surface area contributed by atoms with Gasteiger partial charge in [0, 0.05) is 18.1 Å². The van der Waals surface area contributed by atoms with Crippen molar-refractivity contribution in [3.8, 4) is 5.75 Å². The molecule has 0 bridgehead atoms. The van der Waals surface area contributed by atoms with E-state index < -0.39 is 12.0 Å². The number of methoxy groups -OCH3 is 1. The van der Waals surface area contributed by atoms with E-state index in [4.69, 9.17) is 4.74 Å². The molecule has 4 nitrogen and oxygen atoms in total. The van der Waals surface area contributed by atoms with Crippen molar-refractivity contribution in [3.05, 3.63) is 35.7 Å². The monoisotopic (exact) mass is 289 g/mol. The number of rotatable bonds is 4. The zero-order valence-electron chi connectivity index (χ0n) is 9.86. The lowest BCUT2D eigenvalue weighted by Gasteiger charge is -2.04. The van der Waals surface area contributed by atoms with E-state index in [0.29, 0.717) is 18.1 Å². The van der Waals surface area contributed by atoms with E-state index in [2.05, 4.69) is 14.7 Å². The van der Waals surface area contributed by atoms with Crippen LogP contribution in [-0.4, -0.2) is 16.5 Å². The Balaban J connectivity index is 1.96. The second-order valence-electron chi connectivity index (χ2n) is 3.62. The van der Waals surface area contributed by atoms with Gasteiger partial charge in [-0.05, 0) is 17.7 Å². The predicted octanol–water partition coefficient (Wildman–Crippen LogP) is 3.18. The van der Waals surface area contributed by atoms with Gasteiger partial charge in [0.25, 0.3) is 0 Å². The van der Waals surface area contributed by atoms with Gasteiger partial charge < -0.3 is 10.1 Å². The molecule has 1 heterocycles. The molecule has 0 radical (unpaired) electrons. The summed E-state index contributed by atoms with van der Waals surface area (Å²) in [5, 5.41) is 2.94. The Kier molecular flexibility index (Phi) is 3.89. The molecule has 0 aliphatic carbocycles. The molecule has 0 spiro atoms. The SMILES string of the molecule is COc1ccc(CNc2nc(C(F)(F)F)ns2)cc1. The molecule has 19 heavy (non-hydrogen) atoms. The van der Waals surface area contributed by atoms with E-state index >= 15 is 0 Å². The second-order valence-corrected chi connectivity index (χ2v) is 4.37. The quantitative estimate of drug-likeness (QED) is 0.939. The molecule has 0 unspecified atom stereocenters. The van der Waals surface area contributed by atoms with Crippen molar-refractivity contribution in [2.75, 3.05) is 12.4 Å². The molecule has 0 saturated carbocycles. The third-order valence-corrected chi connectivity index (χ3v) is 2.96. The first kappa shape index (κ1) is 13.6. The summed E-state index contributed by atoms with van der Waals surface area (Å²) in [5.74, 6) is -0.395. The van der Waals surface area contributed by atoms with Gasteiger partial charge in [0.2, 0.25) is 11.0 Å². The van der Waals surface area contributed by atoms with Crippen molar-refractivity contribution in [2.45, 2.75) is 12.7 Å². The maximum atomic E-state index is 12.3. The van der Waals surface area contributed by atoms with Crippen LogP contribution in [0.3, 0.4) is 0 Å². The van der Waals surface area contributed by atoms with Crippen LogP contribution in [0.1, 0.15) is 11.4 Å². The van der Waals surface area contributed by atoms with Crippen molar-refractivity contribution in [1.29, 1.82) is 0 Å². The lowest BCUT2D eigenvalue weighted by Crippen LogP contribution is -2.07. The van der Waals surface area contributed by atoms with Crippen LogP contribution in [0.2, 0.25) is 0 Å². The fourth-order valence-electron chi connectivity index (χ4n) is 1.33. The summed E-state index contributed by atoms with van der Waals surface area (Å²) in [7, 11) is 1.56.